The summed E-state index contributed by atoms with van der Waals surface area (Å²) in [7, 11) is 0. The van der Waals surface area contributed by atoms with Crippen LogP contribution in [0.25, 0.3) is 0 Å². The van der Waals surface area contributed by atoms with E-state index in [2.05, 4.69) is 4.98 Å². The van der Waals surface area contributed by atoms with Gasteiger partial charge in [0.15, 0.2) is 0 Å². The van der Waals surface area contributed by atoms with Crippen LogP contribution in [-0.2, 0) is 0 Å². The molecule has 0 amide bonds. The first-order valence-corrected chi connectivity index (χ1v) is 5.95. The van der Waals surface area contributed by atoms with E-state index in [9.17, 15) is 10.2 Å². The third-order valence-corrected chi connectivity index (χ3v) is 2.53. The van der Waals surface area contributed by atoms with Crippen LogP contribution in [0.5, 0.6) is 0 Å². The van der Waals surface area contributed by atoms with Crippen LogP contribution in [0.15, 0.2) is 18.3 Å². The fourth-order valence-corrected chi connectivity index (χ4v) is 1.80. The molecule has 4 heteroatoms. The Labute approximate surface area is 103 Å². The number of aliphatic hydroxyl groups excluding tert-OH is 1. The molecule has 1 aromatic rings. The van der Waals surface area contributed by atoms with Gasteiger partial charge in [0.05, 0.1) is 11.7 Å². The molecular formula is C13H22N2O2. The lowest BCUT2D eigenvalue weighted by atomic mass is 10.1. The number of anilines is 1. The molecule has 96 valence electrons. The summed E-state index contributed by atoms with van der Waals surface area (Å²) in [6.07, 6.45) is 1.14. The zero-order valence-corrected chi connectivity index (χ0v) is 11.0. The van der Waals surface area contributed by atoms with E-state index in [1.807, 2.05) is 24.0 Å². The van der Waals surface area contributed by atoms with Crippen molar-refractivity contribution in [3.63, 3.8) is 0 Å². The van der Waals surface area contributed by atoms with E-state index >= 15 is 0 Å². The summed E-state index contributed by atoms with van der Waals surface area (Å²) in [5.41, 5.74) is 0.00217. The Morgan fingerprint density at radius 1 is 1.47 bits per heavy atom. The SMILES string of the molecule is CCN(CC(C)(C)O)c1ncccc1C(C)O. The molecular weight excluding hydrogens is 216 g/mol. The van der Waals surface area contributed by atoms with Crippen molar-refractivity contribution in [3.05, 3.63) is 23.9 Å². The van der Waals surface area contributed by atoms with Gasteiger partial charge < -0.3 is 15.1 Å². The van der Waals surface area contributed by atoms with E-state index in [4.69, 9.17) is 0 Å². The molecule has 1 atom stereocenters. The summed E-state index contributed by atoms with van der Waals surface area (Å²) < 4.78 is 0. The predicted molar refractivity (Wildman–Crippen MR) is 69.1 cm³/mol. The summed E-state index contributed by atoms with van der Waals surface area (Å²) >= 11 is 0. The minimum atomic E-state index is -0.788. The van der Waals surface area contributed by atoms with Gasteiger partial charge in [-0.05, 0) is 33.8 Å². The van der Waals surface area contributed by atoms with Crippen LogP contribution in [-0.4, -0.2) is 33.9 Å². The van der Waals surface area contributed by atoms with Crippen LogP contribution in [0.3, 0.4) is 0 Å². The van der Waals surface area contributed by atoms with Gasteiger partial charge in [-0.1, -0.05) is 6.07 Å². The fourth-order valence-electron chi connectivity index (χ4n) is 1.80. The molecule has 1 unspecified atom stereocenters. The highest BCUT2D eigenvalue weighted by atomic mass is 16.3. The maximum atomic E-state index is 9.88. The van der Waals surface area contributed by atoms with Crippen molar-refractivity contribution in [2.45, 2.75) is 39.4 Å². The number of aromatic nitrogens is 1. The van der Waals surface area contributed by atoms with Gasteiger partial charge in [0.1, 0.15) is 5.82 Å². The van der Waals surface area contributed by atoms with Crippen molar-refractivity contribution in [1.29, 1.82) is 0 Å². The number of hydrogen-bond acceptors (Lipinski definition) is 4. The molecule has 0 bridgehead atoms. The smallest absolute Gasteiger partial charge is 0.134 e. The lowest BCUT2D eigenvalue weighted by molar-refractivity contribution is 0.0871. The van der Waals surface area contributed by atoms with Crippen molar-refractivity contribution in [2.24, 2.45) is 0 Å². The topological polar surface area (TPSA) is 56.6 Å². The fraction of sp³-hybridized carbons (Fsp3) is 0.615. The van der Waals surface area contributed by atoms with E-state index in [0.29, 0.717) is 6.54 Å². The minimum Gasteiger partial charge on any atom is -0.389 e. The van der Waals surface area contributed by atoms with Crippen LogP contribution in [0.1, 0.15) is 39.4 Å². The van der Waals surface area contributed by atoms with Gasteiger partial charge in [-0.2, -0.15) is 0 Å². The highest BCUT2D eigenvalue weighted by Crippen LogP contribution is 2.24. The van der Waals surface area contributed by atoms with E-state index in [-0.39, 0.29) is 0 Å². The second kappa shape index (κ2) is 5.47. The first-order valence-electron chi connectivity index (χ1n) is 5.95. The largest absolute Gasteiger partial charge is 0.389 e. The maximum Gasteiger partial charge on any atom is 0.134 e. The second-order valence-electron chi connectivity index (χ2n) is 4.92. The summed E-state index contributed by atoms with van der Waals surface area (Å²) in [4.78, 5) is 6.28. The Kier molecular flexibility index (Phi) is 4.48. The quantitative estimate of drug-likeness (QED) is 0.820. The number of hydrogen-bond donors (Lipinski definition) is 2. The number of likely N-dealkylation sites (N-methyl/N-ethyl adjacent to an activating group) is 1. The lowest BCUT2D eigenvalue weighted by Crippen LogP contribution is -2.39. The van der Waals surface area contributed by atoms with Gasteiger partial charge in [0.2, 0.25) is 0 Å². The number of nitrogens with zero attached hydrogens (tertiary/aromatic N) is 2. The first kappa shape index (κ1) is 13.9. The van der Waals surface area contributed by atoms with Gasteiger partial charge in [-0.3, -0.25) is 0 Å². The van der Waals surface area contributed by atoms with E-state index in [1.165, 1.54) is 0 Å². The van der Waals surface area contributed by atoms with Crippen molar-refractivity contribution < 1.29 is 10.2 Å². The zero-order valence-electron chi connectivity index (χ0n) is 11.0. The van der Waals surface area contributed by atoms with Gasteiger partial charge in [0.25, 0.3) is 0 Å². The highest BCUT2D eigenvalue weighted by molar-refractivity contribution is 5.48. The van der Waals surface area contributed by atoms with Gasteiger partial charge in [0, 0.05) is 24.8 Å². The Balaban J connectivity index is 3.03. The van der Waals surface area contributed by atoms with Crippen LogP contribution in [0, 0.1) is 0 Å². The van der Waals surface area contributed by atoms with Crippen LogP contribution in [0.4, 0.5) is 5.82 Å². The molecule has 0 radical (unpaired) electrons. The molecule has 0 aliphatic carbocycles. The monoisotopic (exact) mass is 238 g/mol. The summed E-state index contributed by atoms with van der Waals surface area (Å²) in [6.45, 7) is 8.48. The molecule has 0 aliphatic rings. The van der Waals surface area contributed by atoms with Crippen LogP contribution in [0.2, 0.25) is 0 Å². The molecule has 0 spiro atoms. The normalized spacial score (nSPS) is 13.5. The van der Waals surface area contributed by atoms with E-state index in [1.54, 1.807) is 27.0 Å². The van der Waals surface area contributed by atoms with Crippen LogP contribution >= 0.6 is 0 Å². The summed E-state index contributed by atoms with van der Waals surface area (Å²) in [5.74, 6) is 0.743. The lowest BCUT2D eigenvalue weighted by Gasteiger charge is -2.30. The number of aliphatic hydroxyl groups is 2. The van der Waals surface area contributed by atoms with Gasteiger partial charge in [-0.25, -0.2) is 4.98 Å². The highest BCUT2D eigenvalue weighted by Gasteiger charge is 2.21. The average molecular weight is 238 g/mol. The molecule has 0 aliphatic heterocycles. The molecule has 1 rings (SSSR count). The molecule has 4 nitrogen and oxygen atoms in total. The van der Waals surface area contributed by atoms with Crippen LogP contribution < -0.4 is 4.90 Å². The first-order chi connectivity index (χ1) is 7.85. The van der Waals surface area contributed by atoms with E-state index in [0.717, 1.165) is 17.9 Å². The third-order valence-electron chi connectivity index (χ3n) is 2.53. The van der Waals surface area contributed by atoms with Gasteiger partial charge >= 0.3 is 0 Å². The average Bonchev–Trinajstić information content (AvgIpc) is 2.24. The standard InChI is InChI=1S/C13H22N2O2/c1-5-15(9-13(3,4)17)12-11(10(2)16)7-6-8-14-12/h6-8,10,16-17H,5,9H2,1-4H3. The molecule has 0 aromatic carbocycles. The molecule has 1 aromatic heterocycles. The van der Waals surface area contributed by atoms with Crippen molar-refractivity contribution in [2.75, 3.05) is 18.0 Å². The zero-order chi connectivity index (χ0) is 13.1. The number of pyridine rings is 1. The Morgan fingerprint density at radius 2 is 2.12 bits per heavy atom. The second-order valence-corrected chi connectivity index (χ2v) is 4.92. The molecule has 17 heavy (non-hydrogen) atoms. The van der Waals surface area contributed by atoms with Crippen molar-refractivity contribution >= 4 is 5.82 Å². The van der Waals surface area contributed by atoms with Gasteiger partial charge in [-0.15, -0.1) is 0 Å². The molecule has 0 fully saturated rings. The minimum absolute atomic E-state index is 0.486. The Hall–Kier alpha value is -1.13. The third kappa shape index (κ3) is 3.98. The molecule has 0 saturated carbocycles. The van der Waals surface area contributed by atoms with Crippen molar-refractivity contribution in [1.82, 2.24) is 4.98 Å². The Morgan fingerprint density at radius 3 is 2.59 bits per heavy atom. The molecule has 2 N–H and O–H groups in total. The van der Waals surface area contributed by atoms with Crippen molar-refractivity contribution in [3.8, 4) is 0 Å². The molecule has 1 heterocycles. The maximum absolute atomic E-state index is 9.88. The molecule has 0 saturated heterocycles. The summed E-state index contributed by atoms with van der Waals surface area (Å²) in [6, 6.07) is 3.67. The number of rotatable bonds is 5. The predicted octanol–water partition coefficient (Wildman–Crippen LogP) is 1.73. The van der Waals surface area contributed by atoms with E-state index < -0.39 is 11.7 Å². The Bertz CT molecular complexity index is 359. The summed E-state index contributed by atoms with van der Waals surface area (Å²) in [5, 5.41) is 19.6.